The molecule has 3 heterocycles. The number of likely N-dealkylation sites (tertiary alicyclic amines) is 1. The number of amides is 1. The van der Waals surface area contributed by atoms with Gasteiger partial charge in [-0.3, -0.25) is 9.59 Å². The van der Waals surface area contributed by atoms with Crippen molar-refractivity contribution in [1.29, 1.82) is 0 Å². The SMILES string of the molecule is COc1ccc(Cl)c(/C(O)=C2/C(=O)C(=O)N(CCc3c[nH]c4ccccc34)C2c2ccco2)c1. The Morgan fingerprint density at radius 1 is 1.18 bits per heavy atom. The van der Waals surface area contributed by atoms with Crippen molar-refractivity contribution in [3.63, 3.8) is 0 Å². The second kappa shape index (κ2) is 8.76. The second-order valence-electron chi connectivity index (χ2n) is 7.96. The molecule has 8 heteroatoms. The van der Waals surface area contributed by atoms with Gasteiger partial charge in [-0.1, -0.05) is 29.8 Å². The Labute approximate surface area is 200 Å². The number of hydrogen-bond donors (Lipinski definition) is 2. The van der Waals surface area contributed by atoms with Crippen LogP contribution in [0.2, 0.25) is 5.02 Å². The predicted octanol–water partition coefficient (Wildman–Crippen LogP) is 5.09. The quantitative estimate of drug-likeness (QED) is 0.229. The summed E-state index contributed by atoms with van der Waals surface area (Å²) in [5.74, 6) is -1.05. The first-order valence-electron chi connectivity index (χ1n) is 10.7. The minimum atomic E-state index is -0.887. The number of furan rings is 1. The van der Waals surface area contributed by atoms with Crippen LogP contribution in [-0.4, -0.2) is 40.3 Å². The van der Waals surface area contributed by atoms with Crippen molar-refractivity contribution in [2.24, 2.45) is 0 Å². The third kappa shape index (κ3) is 3.64. The first kappa shape index (κ1) is 21.9. The second-order valence-corrected chi connectivity index (χ2v) is 8.37. The maximum Gasteiger partial charge on any atom is 0.295 e. The van der Waals surface area contributed by atoms with Crippen LogP contribution in [0.15, 0.2) is 77.0 Å². The van der Waals surface area contributed by atoms with E-state index in [-0.39, 0.29) is 28.5 Å². The molecular weight excluding hydrogens is 456 g/mol. The van der Waals surface area contributed by atoms with Crippen LogP contribution >= 0.6 is 11.6 Å². The van der Waals surface area contributed by atoms with Crippen LogP contribution < -0.4 is 4.74 Å². The fraction of sp³-hybridized carbons (Fsp3) is 0.154. The Morgan fingerprint density at radius 2 is 2.00 bits per heavy atom. The number of nitrogens with one attached hydrogen (secondary N) is 1. The number of aliphatic hydroxyl groups is 1. The molecule has 1 aliphatic heterocycles. The van der Waals surface area contributed by atoms with Crippen LogP contribution in [0, 0.1) is 0 Å². The topological polar surface area (TPSA) is 95.8 Å². The van der Waals surface area contributed by atoms with Crippen molar-refractivity contribution in [3.8, 4) is 5.75 Å². The van der Waals surface area contributed by atoms with Gasteiger partial charge in [-0.05, 0) is 48.4 Å². The third-order valence-electron chi connectivity index (χ3n) is 6.08. The number of halogens is 1. The maximum atomic E-state index is 13.1. The van der Waals surface area contributed by atoms with Crippen LogP contribution in [0.25, 0.3) is 16.7 Å². The number of H-pyrrole nitrogens is 1. The van der Waals surface area contributed by atoms with E-state index in [0.717, 1.165) is 16.5 Å². The van der Waals surface area contributed by atoms with Crippen LogP contribution in [0.4, 0.5) is 0 Å². The number of aromatic amines is 1. The number of fused-ring (bicyclic) bond motifs is 1. The highest BCUT2D eigenvalue weighted by molar-refractivity contribution is 6.47. The summed E-state index contributed by atoms with van der Waals surface area (Å²) in [4.78, 5) is 30.9. The molecule has 2 aromatic carbocycles. The summed E-state index contributed by atoms with van der Waals surface area (Å²) < 4.78 is 10.8. The van der Waals surface area contributed by atoms with Gasteiger partial charge in [-0.25, -0.2) is 0 Å². The van der Waals surface area contributed by atoms with Crippen LogP contribution in [-0.2, 0) is 16.0 Å². The first-order valence-corrected chi connectivity index (χ1v) is 11.1. The summed E-state index contributed by atoms with van der Waals surface area (Å²) in [7, 11) is 1.49. The van der Waals surface area contributed by atoms with Crippen molar-refractivity contribution in [3.05, 3.63) is 94.5 Å². The number of aromatic nitrogens is 1. The van der Waals surface area contributed by atoms with Crippen LogP contribution in [0.5, 0.6) is 5.75 Å². The zero-order valence-electron chi connectivity index (χ0n) is 18.2. The van der Waals surface area contributed by atoms with E-state index in [1.54, 1.807) is 24.3 Å². The molecule has 0 bridgehead atoms. The predicted molar refractivity (Wildman–Crippen MR) is 128 cm³/mol. The minimum Gasteiger partial charge on any atom is -0.507 e. The molecule has 7 nitrogen and oxygen atoms in total. The lowest BCUT2D eigenvalue weighted by Gasteiger charge is -2.23. The molecule has 34 heavy (non-hydrogen) atoms. The normalized spacial score (nSPS) is 17.6. The average molecular weight is 477 g/mol. The number of nitrogens with zero attached hydrogens (tertiary/aromatic N) is 1. The average Bonchev–Trinajstić information content (AvgIpc) is 3.57. The van der Waals surface area contributed by atoms with Gasteiger partial charge in [0.25, 0.3) is 11.7 Å². The number of hydrogen-bond acceptors (Lipinski definition) is 5. The number of aliphatic hydroxyl groups excluding tert-OH is 1. The monoisotopic (exact) mass is 476 g/mol. The van der Waals surface area contributed by atoms with Gasteiger partial charge in [0, 0.05) is 29.2 Å². The molecule has 0 saturated carbocycles. The Hall–Kier alpha value is -3.97. The van der Waals surface area contributed by atoms with Gasteiger partial charge in [-0.2, -0.15) is 0 Å². The van der Waals surface area contributed by atoms with Crippen molar-refractivity contribution in [2.45, 2.75) is 12.5 Å². The third-order valence-corrected chi connectivity index (χ3v) is 6.41. The molecule has 172 valence electrons. The van der Waals surface area contributed by atoms with E-state index in [4.69, 9.17) is 20.8 Å². The zero-order valence-corrected chi connectivity index (χ0v) is 19.0. The molecule has 1 atom stereocenters. The summed E-state index contributed by atoms with van der Waals surface area (Å²) in [5.41, 5.74) is 2.14. The molecule has 1 saturated heterocycles. The van der Waals surface area contributed by atoms with Gasteiger partial charge >= 0.3 is 0 Å². The number of ketones is 1. The summed E-state index contributed by atoms with van der Waals surface area (Å²) in [6.45, 7) is 0.250. The highest BCUT2D eigenvalue weighted by Gasteiger charge is 2.47. The summed E-state index contributed by atoms with van der Waals surface area (Å²) in [6, 6.07) is 15.1. The van der Waals surface area contributed by atoms with Gasteiger partial charge in [0.1, 0.15) is 23.3 Å². The molecule has 0 spiro atoms. The maximum absolute atomic E-state index is 13.1. The van der Waals surface area contributed by atoms with E-state index in [0.29, 0.717) is 17.9 Å². The molecule has 4 aromatic rings. The molecular formula is C26H21ClN2O5. The molecule has 2 N–H and O–H groups in total. The van der Waals surface area contributed by atoms with Gasteiger partial charge in [-0.15, -0.1) is 0 Å². The number of carbonyl (C=O) groups excluding carboxylic acids is 2. The standard InChI is InChI=1S/C26H21ClN2O5/c1-33-16-8-9-19(27)18(13-16)24(30)22-23(21-7-4-12-34-21)29(26(32)25(22)31)11-10-15-14-28-20-6-3-2-5-17(15)20/h2-9,12-14,23,28,30H,10-11H2,1H3/b24-22-. The molecule has 5 rings (SSSR count). The molecule has 1 aliphatic rings. The van der Waals surface area contributed by atoms with Crippen molar-refractivity contribution >= 4 is 40.0 Å². The fourth-order valence-electron chi connectivity index (χ4n) is 4.39. The lowest BCUT2D eigenvalue weighted by atomic mass is 9.99. The lowest BCUT2D eigenvalue weighted by molar-refractivity contribution is -0.140. The molecule has 2 aromatic heterocycles. The van der Waals surface area contributed by atoms with Crippen molar-refractivity contribution in [1.82, 2.24) is 9.88 Å². The molecule has 1 fully saturated rings. The lowest BCUT2D eigenvalue weighted by Crippen LogP contribution is -2.31. The fourth-order valence-corrected chi connectivity index (χ4v) is 4.60. The highest BCUT2D eigenvalue weighted by Crippen LogP contribution is 2.41. The van der Waals surface area contributed by atoms with E-state index in [2.05, 4.69) is 4.98 Å². The van der Waals surface area contributed by atoms with Gasteiger partial charge in [0.15, 0.2) is 0 Å². The van der Waals surface area contributed by atoms with E-state index in [9.17, 15) is 14.7 Å². The minimum absolute atomic E-state index is 0.0750. The molecule has 0 aliphatic carbocycles. The number of Topliss-reactive ketones (excluding diaryl/α,β-unsaturated/α-hetero) is 1. The van der Waals surface area contributed by atoms with Gasteiger partial charge in [0.2, 0.25) is 0 Å². The summed E-state index contributed by atoms with van der Waals surface area (Å²) in [5, 5.41) is 12.5. The Morgan fingerprint density at radius 3 is 2.76 bits per heavy atom. The number of carbonyl (C=O) groups is 2. The Balaban J connectivity index is 1.56. The summed E-state index contributed by atoms with van der Waals surface area (Å²) >= 11 is 6.32. The summed E-state index contributed by atoms with van der Waals surface area (Å²) in [6.07, 6.45) is 3.88. The number of rotatable bonds is 6. The van der Waals surface area contributed by atoms with Crippen molar-refractivity contribution in [2.75, 3.05) is 13.7 Å². The van der Waals surface area contributed by atoms with E-state index >= 15 is 0 Å². The molecule has 0 radical (unpaired) electrons. The number of methoxy groups -OCH3 is 1. The van der Waals surface area contributed by atoms with Gasteiger partial charge in [0.05, 0.1) is 24.0 Å². The largest absolute Gasteiger partial charge is 0.507 e. The van der Waals surface area contributed by atoms with E-state index in [1.807, 2.05) is 30.5 Å². The molecule has 1 unspecified atom stereocenters. The van der Waals surface area contributed by atoms with Crippen LogP contribution in [0.3, 0.4) is 0 Å². The zero-order chi connectivity index (χ0) is 23.8. The van der Waals surface area contributed by atoms with Crippen molar-refractivity contribution < 1.29 is 23.8 Å². The molecule has 1 amide bonds. The Bertz CT molecular complexity index is 1420. The smallest absolute Gasteiger partial charge is 0.295 e. The van der Waals surface area contributed by atoms with E-state index < -0.39 is 17.7 Å². The Kier molecular flexibility index (Phi) is 5.63. The van der Waals surface area contributed by atoms with E-state index in [1.165, 1.54) is 24.3 Å². The van der Waals surface area contributed by atoms with Crippen LogP contribution in [0.1, 0.15) is 22.9 Å². The number of benzene rings is 2. The first-order chi connectivity index (χ1) is 16.5. The number of ether oxygens (including phenoxy) is 1. The highest BCUT2D eigenvalue weighted by atomic mass is 35.5. The van der Waals surface area contributed by atoms with Gasteiger partial charge < -0.3 is 24.1 Å². The number of para-hydroxylation sites is 1.